The zero-order chi connectivity index (χ0) is 17.5. The number of benzene rings is 1. The number of aromatic nitrogens is 1. The van der Waals surface area contributed by atoms with Crippen LogP contribution in [0.5, 0.6) is 5.75 Å². The van der Waals surface area contributed by atoms with E-state index in [4.69, 9.17) is 10.9 Å². The molecule has 1 aromatic carbocycles. The second-order valence-electron chi connectivity index (χ2n) is 5.49. The average Bonchev–Trinajstić information content (AvgIpc) is 2.88. The molecule has 1 aliphatic rings. The van der Waals surface area contributed by atoms with E-state index in [1.165, 1.54) is 18.2 Å². The first-order valence-corrected chi connectivity index (χ1v) is 9.31. The standard InChI is InChI=1S/C14H15N5O3S2/c1-7-4-11-9(6-13(7)24(16,21)22)14(23-19-11)18-17-8-2-3-12(20)10(15)5-8/h2-3,5-7,20H,4,15H2,1H3,(H2,16,21,22). The monoisotopic (exact) mass is 365 g/mol. The Morgan fingerprint density at radius 1 is 1.38 bits per heavy atom. The minimum Gasteiger partial charge on any atom is -0.506 e. The van der Waals surface area contributed by atoms with Crippen LogP contribution < -0.4 is 10.9 Å². The summed E-state index contributed by atoms with van der Waals surface area (Å²) in [5, 5.41) is 23.3. The molecular weight excluding hydrogens is 350 g/mol. The lowest BCUT2D eigenvalue weighted by atomic mass is 9.96. The molecule has 5 N–H and O–H groups in total. The second kappa shape index (κ2) is 5.96. The summed E-state index contributed by atoms with van der Waals surface area (Å²) >= 11 is 1.14. The zero-order valence-corrected chi connectivity index (χ0v) is 14.3. The van der Waals surface area contributed by atoms with E-state index in [-0.39, 0.29) is 22.3 Å². The van der Waals surface area contributed by atoms with E-state index in [1.54, 1.807) is 13.0 Å². The number of phenols is 1. The van der Waals surface area contributed by atoms with Crippen LogP contribution in [0.2, 0.25) is 0 Å². The van der Waals surface area contributed by atoms with Gasteiger partial charge in [0, 0.05) is 5.56 Å². The van der Waals surface area contributed by atoms with E-state index in [9.17, 15) is 13.5 Å². The summed E-state index contributed by atoms with van der Waals surface area (Å²) in [7, 11) is -3.77. The predicted molar refractivity (Wildman–Crippen MR) is 92.8 cm³/mol. The Bertz CT molecular complexity index is 963. The number of primary sulfonamides is 1. The number of hydrogen-bond acceptors (Lipinski definition) is 8. The number of hydrogen-bond donors (Lipinski definition) is 3. The fourth-order valence-electron chi connectivity index (χ4n) is 2.43. The molecule has 8 nitrogen and oxygen atoms in total. The van der Waals surface area contributed by atoms with Crippen LogP contribution in [0.25, 0.3) is 6.08 Å². The summed E-state index contributed by atoms with van der Waals surface area (Å²) in [5.41, 5.74) is 7.67. The van der Waals surface area contributed by atoms with Gasteiger partial charge in [-0.15, -0.1) is 10.2 Å². The number of anilines is 1. The smallest absolute Gasteiger partial charge is 0.234 e. The third-order valence-electron chi connectivity index (χ3n) is 3.65. The number of nitrogens with zero attached hydrogens (tertiary/aromatic N) is 3. The molecule has 1 heterocycles. The number of nitrogens with two attached hydrogens (primary N) is 2. The zero-order valence-electron chi connectivity index (χ0n) is 12.7. The molecule has 0 saturated carbocycles. The highest BCUT2D eigenvalue weighted by Crippen LogP contribution is 2.38. The maximum absolute atomic E-state index is 11.7. The first-order chi connectivity index (χ1) is 11.3. The average molecular weight is 365 g/mol. The van der Waals surface area contributed by atoms with Crippen molar-refractivity contribution in [2.24, 2.45) is 21.3 Å². The molecule has 10 heteroatoms. The van der Waals surface area contributed by atoms with Gasteiger partial charge in [-0.3, -0.25) is 0 Å². The van der Waals surface area contributed by atoms with Crippen molar-refractivity contribution in [3.8, 4) is 5.75 Å². The molecule has 0 spiro atoms. The maximum atomic E-state index is 11.7. The van der Waals surface area contributed by atoms with Crippen LogP contribution in [0.1, 0.15) is 18.2 Å². The Kier molecular flexibility index (Phi) is 4.11. The van der Waals surface area contributed by atoms with Crippen molar-refractivity contribution in [3.05, 3.63) is 34.4 Å². The number of phenolic OH excluding ortho intramolecular Hbond substituents is 1. The Hall–Kier alpha value is -2.30. The van der Waals surface area contributed by atoms with Gasteiger partial charge in [0.1, 0.15) is 5.75 Å². The minimum atomic E-state index is -3.77. The number of nitrogen functional groups attached to an aromatic ring is 1. The van der Waals surface area contributed by atoms with Crippen LogP contribution in [0.3, 0.4) is 0 Å². The van der Waals surface area contributed by atoms with E-state index < -0.39 is 10.0 Å². The summed E-state index contributed by atoms with van der Waals surface area (Å²) in [6, 6.07) is 4.48. The molecular formula is C14H15N5O3S2. The number of aromatic hydroxyl groups is 1. The predicted octanol–water partition coefficient (Wildman–Crippen LogP) is 2.67. The van der Waals surface area contributed by atoms with Crippen molar-refractivity contribution >= 4 is 44.0 Å². The lowest BCUT2D eigenvalue weighted by Crippen LogP contribution is -2.22. The van der Waals surface area contributed by atoms with Crippen molar-refractivity contribution in [1.82, 2.24) is 4.37 Å². The van der Waals surface area contributed by atoms with Crippen LogP contribution >= 0.6 is 11.5 Å². The van der Waals surface area contributed by atoms with Gasteiger partial charge in [-0.05, 0) is 48.1 Å². The molecule has 1 aromatic heterocycles. The Morgan fingerprint density at radius 3 is 2.79 bits per heavy atom. The van der Waals surface area contributed by atoms with E-state index in [2.05, 4.69) is 14.6 Å². The quantitative estimate of drug-likeness (QED) is 0.435. The van der Waals surface area contributed by atoms with Gasteiger partial charge >= 0.3 is 0 Å². The molecule has 1 aliphatic carbocycles. The highest BCUT2D eigenvalue weighted by Gasteiger charge is 2.28. The minimum absolute atomic E-state index is 0.0289. The molecule has 1 unspecified atom stereocenters. The van der Waals surface area contributed by atoms with E-state index >= 15 is 0 Å². The molecule has 3 rings (SSSR count). The first kappa shape index (κ1) is 16.6. The van der Waals surface area contributed by atoms with Gasteiger partial charge in [-0.25, -0.2) is 13.6 Å². The molecule has 0 amide bonds. The first-order valence-electron chi connectivity index (χ1n) is 6.99. The SMILES string of the molecule is CC1Cc2nsc(N=Nc3ccc(O)c(N)c3)c2C=C1S(N)(=O)=O. The maximum Gasteiger partial charge on any atom is 0.234 e. The van der Waals surface area contributed by atoms with Gasteiger partial charge in [0.05, 0.1) is 22.0 Å². The number of rotatable bonds is 3. The van der Waals surface area contributed by atoms with Crippen molar-refractivity contribution < 1.29 is 13.5 Å². The fourth-order valence-corrected chi connectivity index (χ4v) is 4.08. The van der Waals surface area contributed by atoms with Crippen LogP contribution in [0, 0.1) is 5.92 Å². The fraction of sp³-hybridized carbons (Fsp3) is 0.214. The van der Waals surface area contributed by atoms with Crippen LogP contribution in [-0.2, 0) is 16.4 Å². The van der Waals surface area contributed by atoms with Crippen molar-refractivity contribution in [2.75, 3.05) is 5.73 Å². The summed E-state index contributed by atoms with van der Waals surface area (Å²) in [6.45, 7) is 1.79. The molecule has 0 fully saturated rings. The van der Waals surface area contributed by atoms with Crippen molar-refractivity contribution in [3.63, 3.8) is 0 Å². The molecule has 0 aliphatic heterocycles. The largest absolute Gasteiger partial charge is 0.506 e. The van der Waals surface area contributed by atoms with E-state index in [0.717, 1.165) is 17.2 Å². The molecule has 1 atom stereocenters. The Balaban J connectivity index is 1.97. The Labute approximate surface area is 142 Å². The normalized spacial score (nSPS) is 17.8. The molecule has 2 aromatic rings. The van der Waals surface area contributed by atoms with Crippen LogP contribution in [0.4, 0.5) is 16.4 Å². The van der Waals surface area contributed by atoms with Gasteiger partial charge in [-0.2, -0.15) is 4.37 Å². The molecule has 0 saturated heterocycles. The molecule has 0 radical (unpaired) electrons. The van der Waals surface area contributed by atoms with Gasteiger partial charge in [0.2, 0.25) is 10.0 Å². The summed E-state index contributed by atoms with van der Waals surface area (Å²) in [6.07, 6.45) is 2.00. The number of allylic oxidation sites excluding steroid dienone is 1. The number of sulfonamides is 1. The third kappa shape index (κ3) is 3.16. The molecule has 126 valence electrons. The molecule has 24 heavy (non-hydrogen) atoms. The Morgan fingerprint density at radius 2 is 2.12 bits per heavy atom. The number of fused-ring (bicyclic) bond motifs is 1. The lowest BCUT2D eigenvalue weighted by molar-refractivity contribution is 0.478. The molecule has 0 bridgehead atoms. The highest BCUT2D eigenvalue weighted by molar-refractivity contribution is 7.93. The van der Waals surface area contributed by atoms with Gasteiger partial charge in [0.15, 0.2) is 5.00 Å². The lowest BCUT2D eigenvalue weighted by Gasteiger charge is -2.18. The van der Waals surface area contributed by atoms with E-state index in [1.807, 2.05) is 0 Å². The van der Waals surface area contributed by atoms with Gasteiger partial charge < -0.3 is 10.8 Å². The number of azo groups is 1. The van der Waals surface area contributed by atoms with Crippen molar-refractivity contribution in [1.29, 1.82) is 0 Å². The van der Waals surface area contributed by atoms with Gasteiger partial charge in [0.25, 0.3) is 0 Å². The second-order valence-corrected chi connectivity index (χ2v) is 7.80. The summed E-state index contributed by atoms with van der Waals surface area (Å²) in [4.78, 5) is 0.167. The summed E-state index contributed by atoms with van der Waals surface area (Å²) < 4.78 is 27.7. The van der Waals surface area contributed by atoms with Crippen LogP contribution in [-0.4, -0.2) is 17.9 Å². The topological polar surface area (TPSA) is 144 Å². The van der Waals surface area contributed by atoms with Gasteiger partial charge in [-0.1, -0.05) is 6.92 Å². The third-order valence-corrected chi connectivity index (χ3v) is 5.61. The van der Waals surface area contributed by atoms with Crippen LogP contribution in [0.15, 0.2) is 33.3 Å². The van der Waals surface area contributed by atoms with Crippen molar-refractivity contribution in [2.45, 2.75) is 13.3 Å². The van der Waals surface area contributed by atoms with E-state index in [0.29, 0.717) is 22.7 Å². The highest BCUT2D eigenvalue weighted by atomic mass is 32.2. The summed E-state index contributed by atoms with van der Waals surface area (Å²) in [5.74, 6) is -0.255.